The van der Waals surface area contributed by atoms with Gasteiger partial charge in [0.2, 0.25) is 0 Å². The smallest absolute Gasteiger partial charge is 0.414 e. The van der Waals surface area contributed by atoms with Gasteiger partial charge in [-0.25, -0.2) is 9.59 Å². The van der Waals surface area contributed by atoms with E-state index in [9.17, 15) is 4.79 Å². The van der Waals surface area contributed by atoms with Crippen LogP contribution in [0.15, 0.2) is 12.1 Å². The highest BCUT2D eigenvalue weighted by atomic mass is 16.5. The van der Waals surface area contributed by atoms with Crippen molar-refractivity contribution in [2.24, 2.45) is 0 Å². The second-order valence-electron chi connectivity index (χ2n) is 5.28. The van der Waals surface area contributed by atoms with Crippen LogP contribution in [0.3, 0.4) is 0 Å². The number of carboxylic acids is 2. The van der Waals surface area contributed by atoms with Crippen LogP contribution < -0.4 is 14.8 Å². The van der Waals surface area contributed by atoms with E-state index in [-0.39, 0.29) is 12.0 Å². The highest BCUT2D eigenvalue weighted by Crippen LogP contribution is 2.36. The number of carboxylic acid groups (broad SMARTS) is 2. The van der Waals surface area contributed by atoms with E-state index in [2.05, 4.69) is 5.32 Å². The number of hydrogen-bond donors (Lipinski definition) is 3. The summed E-state index contributed by atoms with van der Waals surface area (Å²) < 4.78 is 15.7. The first-order valence-corrected chi connectivity index (χ1v) is 7.94. The Labute approximate surface area is 150 Å². The molecule has 0 radical (unpaired) electrons. The molecule has 26 heavy (non-hydrogen) atoms. The summed E-state index contributed by atoms with van der Waals surface area (Å²) in [5.74, 6) is -2.43. The molecule has 1 unspecified atom stereocenters. The monoisotopic (exact) mass is 369 g/mol. The van der Waals surface area contributed by atoms with Crippen molar-refractivity contribution in [3.8, 4) is 11.5 Å². The molecule has 144 valence electrons. The van der Waals surface area contributed by atoms with Gasteiger partial charge < -0.3 is 29.7 Å². The molecule has 1 aromatic rings. The molecule has 0 spiro atoms. The van der Waals surface area contributed by atoms with Crippen LogP contribution in [0.25, 0.3) is 0 Å². The third kappa shape index (κ3) is 5.92. The second-order valence-corrected chi connectivity index (χ2v) is 5.28. The van der Waals surface area contributed by atoms with E-state index in [0.717, 1.165) is 24.3 Å². The summed E-state index contributed by atoms with van der Waals surface area (Å²) in [6.07, 6.45) is 1.24. The minimum Gasteiger partial charge on any atom is -0.493 e. The summed E-state index contributed by atoms with van der Waals surface area (Å²) in [6.45, 7) is 3.06. The van der Waals surface area contributed by atoms with Gasteiger partial charge in [-0.05, 0) is 43.1 Å². The summed E-state index contributed by atoms with van der Waals surface area (Å²) in [7, 11) is 3.24. The molecule has 2 rings (SSSR count). The SMILES string of the molecule is CCOC(=O)CC1NCCc2cc(OC)c(OC)cc21.O=C(O)C(=O)O. The first-order chi connectivity index (χ1) is 12.3. The zero-order valence-electron chi connectivity index (χ0n) is 14.9. The Morgan fingerprint density at radius 2 is 1.69 bits per heavy atom. The van der Waals surface area contributed by atoms with Crippen molar-refractivity contribution in [3.05, 3.63) is 23.3 Å². The number of fused-ring (bicyclic) bond motifs is 1. The quantitative estimate of drug-likeness (QED) is 0.513. The van der Waals surface area contributed by atoms with Gasteiger partial charge in [0, 0.05) is 6.04 Å². The Balaban J connectivity index is 0.000000487. The molecule has 9 nitrogen and oxygen atoms in total. The van der Waals surface area contributed by atoms with Gasteiger partial charge in [0.15, 0.2) is 11.5 Å². The van der Waals surface area contributed by atoms with Crippen LogP contribution in [-0.4, -0.2) is 55.5 Å². The number of nitrogens with one attached hydrogen (secondary N) is 1. The van der Waals surface area contributed by atoms with Crippen LogP contribution in [0.4, 0.5) is 0 Å². The van der Waals surface area contributed by atoms with Gasteiger partial charge in [0.1, 0.15) is 0 Å². The summed E-state index contributed by atoms with van der Waals surface area (Å²) >= 11 is 0. The Bertz CT molecular complexity index is 646. The zero-order valence-corrected chi connectivity index (χ0v) is 14.9. The van der Waals surface area contributed by atoms with E-state index >= 15 is 0 Å². The number of ether oxygens (including phenoxy) is 3. The summed E-state index contributed by atoms with van der Waals surface area (Å²) in [5.41, 5.74) is 2.28. The maximum atomic E-state index is 11.7. The Morgan fingerprint density at radius 3 is 2.19 bits per heavy atom. The van der Waals surface area contributed by atoms with Crippen LogP contribution in [0.2, 0.25) is 0 Å². The van der Waals surface area contributed by atoms with Gasteiger partial charge in [-0.1, -0.05) is 0 Å². The second kappa shape index (κ2) is 10.2. The third-order valence-corrected chi connectivity index (χ3v) is 3.66. The highest BCUT2D eigenvalue weighted by Gasteiger charge is 2.25. The van der Waals surface area contributed by atoms with Gasteiger partial charge >= 0.3 is 17.9 Å². The molecule has 1 aliphatic rings. The summed E-state index contributed by atoms with van der Waals surface area (Å²) in [5, 5.41) is 18.1. The zero-order chi connectivity index (χ0) is 19.7. The minimum absolute atomic E-state index is 0.0300. The van der Waals surface area contributed by atoms with Crippen molar-refractivity contribution < 1.29 is 38.8 Å². The van der Waals surface area contributed by atoms with Crippen molar-refractivity contribution in [2.75, 3.05) is 27.4 Å². The fourth-order valence-electron chi connectivity index (χ4n) is 2.54. The van der Waals surface area contributed by atoms with Crippen LogP contribution >= 0.6 is 0 Å². The number of methoxy groups -OCH3 is 2. The first kappa shape index (κ1) is 21.2. The summed E-state index contributed by atoms with van der Waals surface area (Å²) in [6, 6.07) is 3.91. The van der Waals surface area contributed by atoms with Crippen LogP contribution in [0.1, 0.15) is 30.5 Å². The van der Waals surface area contributed by atoms with E-state index in [1.54, 1.807) is 14.2 Å². The molecule has 1 heterocycles. The Kier molecular flexibility index (Phi) is 8.36. The molecule has 0 saturated heterocycles. The average molecular weight is 369 g/mol. The lowest BCUT2D eigenvalue weighted by Crippen LogP contribution is -2.32. The molecule has 3 N–H and O–H groups in total. The lowest BCUT2D eigenvalue weighted by Gasteiger charge is -2.27. The molecule has 1 atom stereocenters. The molecule has 0 fully saturated rings. The van der Waals surface area contributed by atoms with Crippen molar-refractivity contribution in [2.45, 2.75) is 25.8 Å². The minimum atomic E-state index is -1.82. The number of carbonyl (C=O) groups excluding carboxylic acids is 1. The third-order valence-electron chi connectivity index (χ3n) is 3.66. The lowest BCUT2D eigenvalue weighted by atomic mass is 9.92. The first-order valence-electron chi connectivity index (χ1n) is 7.94. The molecular weight excluding hydrogens is 346 g/mol. The molecule has 0 aromatic heterocycles. The van der Waals surface area contributed by atoms with E-state index < -0.39 is 11.9 Å². The molecule has 0 amide bonds. The van der Waals surface area contributed by atoms with E-state index in [1.807, 2.05) is 19.1 Å². The van der Waals surface area contributed by atoms with Crippen molar-refractivity contribution in [1.29, 1.82) is 0 Å². The Morgan fingerprint density at radius 1 is 1.12 bits per heavy atom. The van der Waals surface area contributed by atoms with Gasteiger partial charge in [0.05, 0.1) is 27.2 Å². The predicted molar refractivity (Wildman–Crippen MR) is 90.5 cm³/mol. The fraction of sp³-hybridized carbons (Fsp3) is 0.471. The van der Waals surface area contributed by atoms with Crippen molar-refractivity contribution in [3.63, 3.8) is 0 Å². The number of carbonyl (C=O) groups is 3. The average Bonchev–Trinajstić information content (AvgIpc) is 2.61. The number of benzene rings is 1. The molecule has 0 bridgehead atoms. The molecule has 0 saturated carbocycles. The predicted octanol–water partition coefficient (Wildman–Crippen LogP) is 0.999. The lowest BCUT2D eigenvalue weighted by molar-refractivity contribution is -0.159. The molecular formula is C17H23NO8. The van der Waals surface area contributed by atoms with Crippen LogP contribution in [0.5, 0.6) is 11.5 Å². The Hall–Kier alpha value is -2.81. The summed E-state index contributed by atoms with van der Waals surface area (Å²) in [4.78, 5) is 29.9. The van der Waals surface area contributed by atoms with Crippen molar-refractivity contribution in [1.82, 2.24) is 5.32 Å². The molecule has 1 aliphatic heterocycles. The van der Waals surface area contributed by atoms with Gasteiger partial charge in [-0.3, -0.25) is 4.79 Å². The maximum Gasteiger partial charge on any atom is 0.414 e. The topological polar surface area (TPSA) is 131 Å². The normalized spacial score (nSPS) is 15.0. The maximum absolute atomic E-state index is 11.7. The molecule has 9 heteroatoms. The van der Waals surface area contributed by atoms with Crippen LogP contribution in [0, 0.1) is 0 Å². The highest BCUT2D eigenvalue weighted by molar-refractivity contribution is 6.27. The van der Waals surface area contributed by atoms with E-state index in [4.69, 9.17) is 34.0 Å². The number of esters is 1. The van der Waals surface area contributed by atoms with E-state index in [1.165, 1.54) is 5.56 Å². The van der Waals surface area contributed by atoms with Crippen LogP contribution in [-0.2, 0) is 25.5 Å². The largest absolute Gasteiger partial charge is 0.493 e. The molecule has 1 aromatic carbocycles. The van der Waals surface area contributed by atoms with Gasteiger partial charge in [0.25, 0.3) is 0 Å². The van der Waals surface area contributed by atoms with Gasteiger partial charge in [-0.15, -0.1) is 0 Å². The number of rotatable bonds is 5. The fourth-order valence-corrected chi connectivity index (χ4v) is 2.54. The van der Waals surface area contributed by atoms with Gasteiger partial charge in [-0.2, -0.15) is 0 Å². The standard InChI is InChI=1S/C15H21NO4.C2H2O4/c1-4-20-15(17)9-12-11-8-14(19-3)13(18-2)7-10(11)5-6-16-12;3-1(4)2(5)6/h7-8,12,16H,4-6,9H2,1-3H3;(H,3,4)(H,5,6). The number of aliphatic carboxylic acids is 2. The van der Waals surface area contributed by atoms with E-state index in [0.29, 0.717) is 18.8 Å². The van der Waals surface area contributed by atoms with Crippen molar-refractivity contribution >= 4 is 17.9 Å². The molecule has 0 aliphatic carbocycles. The number of hydrogen-bond acceptors (Lipinski definition) is 7.